The summed E-state index contributed by atoms with van der Waals surface area (Å²) in [6.07, 6.45) is 3.18. The van der Waals surface area contributed by atoms with Gasteiger partial charge in [0, 0.05) is 18.0 Å². The van der Waals surface area contributed by atoms with Crippen molar-refractivity contribution in [3.63, 3.8) is 0 Å². The first kappa shape index (κ1) is 19.7. The predicted molar refractivity (Wildman–Crippen MR) is 116 cm³/mol. The molecule has 1 amide bonds. The number of hydrogen-bond acceptors (Lipinski definition) is 3. The van der Waals surface area contributed by atoms with Crippen LogP contribution in [0.2, 0.25) is 0 Å². The topological polar surface area (TPSA) is 55.1 Å². The summed E-state index contributed by atoms with van der Waals surface area (Å²) >= 11 is 0. The molecular weight excluding hydrogens is 360 g/mol. The molecule has 1 fully saturated rings. The van der Waals surface area contributed by atoms with Crippen LogP contribution in [0.25, 0.3) is 11.1 Å². The molecule has 3 aromatic rings. The molecule has 1 heterocycles. The van der Waals surface area contributed by atoms with Gasteiger partial charge in [-0.05, 0) is 36.3 Å². The molecule has 3 atom stereocenters. The highest BCUT2D eigenvalue weighted by Gasteiger charge is 2.40. The van der Waals surface area contributed by atoms with Crippen molar-refractivity contribution in [3.8, 4) is 0 Å². The Morgan fingerprint density at radius 3 is 2.69 bits per heavy atom. The molecule has 0 bridgehead atoms. The second-order valence-electron chi connectivity index (χ2n) is 8.50. The molecular formula is C25H30N2O2. The Morgan fingerprint density at radius 1 is 1.17 bits per heavy atom. The van der Waals surface area contributed by atoms with Crippen molar-refractivity contribution in [3.05, 3.63) is 65.5 Å². The highest BCUT2D eigenvalue weighted by molar-refractivity contribution is 5.79. The molecule has 0 saturated heterocycles. The third kappa shape index (κ3) is 4.21. The van der Waals surface area contributed by atoms with Crippen molar-refractivity contribution >= 4 is 17.0 Å². The van der Waals surface area contributed by atoms with E-state index >= 15 is 0 Å². The van der Waals surface area contributed by atoms with Gasteiger partial charge in [-0.15, -0.1) is 0 Å². The second-order valence-corrected chi connectivity index (χ2v) is 8.50. The Kier molecular flexibility index (Phi) is 5.70. The number of nitrogens with zero attached hydrogens (tertiary/aromatic N) is 1. The van der Waals surface area contributed by atoms with E-state index in [0.717, 1.165) is 42.8 Å². The van der Waals surface area contributed by atoms with E-state index in [2.05, 4.69) is 48.6 Å². The summed E-state index contributed by atoms with van der Waals surface area (Å²) in [5.41, 5.74) is 4.34. The third-order valence-electron chi connectivity index (χ3n) is 5.92. The molecule has 4 rings (SSSR count). The fourth-order valence-corrected chi connectivity index (χ4v) is 4.13. The maximum atomic E-state index is 11.9. The number of hydrogen-bond donors (Lipinski definition) is 1. The van der Waals surface area contributed by atoms with Crippen LogP contribution < -0.4 is 5.32 Å². The van der Waals surface area contributed by atoms with Crippen LogP contribution >= 0.6 is 0 Å². The number of benzene rings is 2. The molecule has 4 heteroatoms. The maximum Gasteiger partial charge on any atom is 0.222 e. The molecule has 1 N–H and O–H groups in total. The van der Waals surface area contributed by atoms with Crippen LogP contribution in [-0.4, -0.2) is 17.4 Å². The van der Waals surface area contributed by atoms with E-state index in [4.69, 9.17) is 9.40 Å². The highest BCUT2D eigenvalue weighted by Crippen LogP contribution is 2.49. The first-order valence-corrected chi connectivity index (χ1v) is 10.8. The lowest BCUT2D eigenvalue weighted by Gasteiger charge is -2.12. The average molecular weight is 391 g/mol. The zero-order chi connectivity index (χ0) is 20.4. The number of fused-ring (bicyclic) bond motifs is 1. The molecule has 0 unspecified atom stereocenters. The van der Waals surface area contributed by atoms with Crippen LogP contribution in [0.3, 0.4) is 0 Å². The molecule has 152 valence electrons. The van der Waals surface area contributed by atoms with Crippen LogP contribution in [0.15, 0.2) is 52.9 Å². The smallest absolute Gasteiger partial charge is 0.222 e. The lowest BCUT2D eigenvalue weighted by molar-refractivity contribution is -0.124. The van der Waals surface area contributed by atoms with Crippen LogP contribution in [0.1, 0.15) is 68.9 Å². The zero-order valence-corrected chi connectivity index (χ0v) is 17.5. The predicted octanol–water partition coefficient (Wildman–Crippen LogP) is 5.64. The lowest BCUT2D eigenvalue weighted by atomic mass is 9.94. The summed E-state index contributed by atoms with van der Waals surface area (Å²) in [4.78, 5) is 16.7. The Bertz CT molecular complexity index is 977. The molecule has 29 heavy (non-hydrogen) atoms. The fourth-order valence-electron chi connectivity index (χ4n) is 4.13. The van der Waals surface area contributed by atoms with Crippen molar-refractivity contribution in [1.82, 2.24) is 10.3 Å². The van der Waals surface area contributed by atoms with E-state index in [9.17, 15) is 4.79 Å². The van der Waals surface area contributed by atoms with Crippen molar-refractivity contribution in [2.24, 2.45) is 11.8 Å². The van der Waals surface area contributed by atoms with Gasteiger partial charge in [-0.1, -0.05) is 69.7 Å². The molecule has 1 aliphatic rings. The van der Waals surface area contributed by atoms with E-state index in [0.29, 0.717) is 11.8 Å². The molecule has 1 aliphatic carbocycles. The number of para-hydroxylation sites is 1. The fraction of sp³-hybridized carbons (Fsp3) is 0.440. The van der Waals surface area contributed by atoms with Gasteiger partial charge in [0.05, 0.1) is 5.92 Å². The van der Waals surface area contributed by atoms with Gasteiger partial charge >= 0.3 is 0 Å². The van der Waals surface area contributed by atoms with E-state index in [-0.39, 0.29) is 17.7 Å². The largest absolute Gasteiger partial charge is 0.440 e. The molecule has 0 aliphatic heterocycles. The molecule has 0 spiro atoms. The summed E-state index contributed by atoms with van der Waals surface area (Å²) in [5, 5.41) is 3.07. The maximum absolute atomic E-state index is 11.9. The van der Waals surface area contributed by atoms with Crippen molar-refractivity contribution < 1.29 is 9.21 Å². The molecule has 0 radical (unpaired) electrons. The Hall–Kier alpha value is -2.62. The number of carbonyl (C=O) groups is 1. The number of amides is 1. The number of rotatable bonds is 8. The number of oxazole rings is 1. The first-order valence-electron chi connectivity index (χ1n) is 10.8. The Labute approximate surface area is 172 Å². The second kappa shape index (κ2) is 8.40. The van der Waals surface area contributed by atoms with Gasteiger partial charge in [-0.3, -0.25) is 4.79 Å². The van der Waals surface area contributed by atoms with E-state index in [1.54, 1.807) is 0 Å². The highest BCUT2D eigenvalue weighted by atomic mass is 16.3. The number of carbonyl (C=O) groups excluding carboxylic acids is 1. The Morgan fingerprint density at radius 2 is 1.97 bits per heavy atom. The summed E-state index contributed by atoms with van der Waals surface area (Å²) in [6, 6.07) is 16.8. The van der Waals surface area contributed by atoms with Gasteiger partial charge in [-0.2, -0.15) is 0 Å². The van der Waals surface area contributed by atoms with E-state index in [1.165, 1.54) is 11.1 Å². The standard InChI is InChI=1S/C25H30N2O2/c1-4-9-19(17-10-6-5-7-11-17)25-27-22-13-8-12-20(23(22)29-25)21-14-18(21)15-26-24(28)16(2)3/h5-8,10-13,16,18-19,21H,4,9,14-15H2,1-3H3,(H,26,28)/t18-,19+,21+/m0/s1. The Balaban J connectivity index is 1.57. The average Bonchev–Trinajstić information content (AvgIpc) is 3.37. The van der Waals surface area contributed by atoms with Gasteiger partial charge in [0.1, 0.15) is 5.52 Å². The van der Waals surface area contributed by atoms with Crippen LogP contribution in [0.5, 0.6) is 0 Å². The van der Waals surface area contributed by atoms with Gasteiger partial charge in [-0.25, -0.2) is 4.98 Å². The van der Waals surface area contributed by atoms with Gasteiger partial charge in [0.15, 0.2) is 5.58 Å². The SMILES string of the molecule is CCC[C@H](c1ccccc1)c1nc2cccc([C@@H]3C[C@H]3CNC(=O)C(C)C)c2o1. The number of aromatic nitrogens is 1. The third-order valence-corrected chi connectivity index (χ3v) is 5.92. The van der Waals surface area contributed by atoms with Crippen molar-refractivity contribution in [2.45, 2.75) is 51.9 Å². The van der Waals surface area contributed by atoms with Crippen LogP contribution in [-0.2, 0) is 4.79 Å². The summed E-state index contributed by atoms with van der Waals surface area (Å²) < 4.78 is 6.38. The molecule has 2 aromatic carbocycles. The molecule has 1 saturated carbocycles. The minimum absolute atomic E-state index is 0.0287. The zero-order valence-electron chi connectivity index (χ0n) is 17.5. The van der Waals surface area contributed by atoms with E-state index < -0.39 is 0 Å². The summed E-state index contributed by atoms with van der Waals surface area (Å²) in [7, 11) is 0. The van der Waals surface area contributed by atoms with Gasteiger partial charge in [0.2, 0.25) is 11.8 Å². The molecule has 1 aromatic heterocycles. The number of nitrogens with one attached hydrogen (secondary N) is 1. The lowest BCUT2D eigenvalue weighted by Crippen LogP contribution is -2.29. The van der Waals surface area contributed by atoms with Gasteiger partial charge < -0.3 is 9.73 Å². The van der Waals surface area contributed by atoms with Crippen LogP contribution in [0, 0.1) is 11.8 Å². The minimum Gasteiger partial charge on any atom is -0.440 e. The minimum atomic E-state index is 0.0287. The normalized spacial score (nSPS) is 19.4. The quantitative estimate of drug-likeness (QED) is 0.542. The summed E-state index contributed by atoms with van der Waals surface area (Å²) in [6.45, 7) is 6.79. The van der Waals surface area contributed by atoms with Crippen LogP contribution in [0.4, 0.5) is 0 Å². The van der Waals surface area contributed by atoms with E-state index in [1.807, 2.05) is 26.0 Å². The van der Waals surface area contributed by atoms with Gasteiger partial charge in [0.25, 0.3) is 0 Å². The van der Waals surface area contributed by atoms with Crippen molar-refractivity contribution in [2.75, 3.05) is 6.54 Å². The first-order chi connectivity index (χ1) is 14.1. The molecule has 4 nitrogen and oxygen atoms in total. The summed E-state index contributed by atoms with van der Waals surface area (Å²) in [5.74, 6) is 2.07. The monoisotopic (exact) mass is 390 g/mol. The van der Waals surface area contributed by atoms with Crippen molar-refractivity contribution in [1.29, 1.82) is 0 Å².